The lowest BCUT2D eigenvalue weighted by Crippen LogP contribution is -2.35. The zero-order valence-corrected chi connectivity index (χ0v) is 13.6. The van der Waals surface area contributed by atoms with Gasteiger partial charge in [0.1, 0.15) is 12.7 Å². The summed E-state index contributed by atoms with van der Waals surface area (Å²) < 4.78 is 1.80. The Hall–Kier alpha value is -2.66. The van der Waals surface area contributed by atoms with Crippen LogP contribution in [0, 0.1) is 0 Å². The van der Waals surface area contributed by atoms with E-state index < -0.39 is 0 Å². The number of anilines is 1. The summed E-state index contributed by atoms with van der Waals surface area (Å²) in [7, 11) is 0. The van der Waals surface area contributed by atoms with Gasteiger partial charge in [-0.3, -0.25) is 9.36 Å². The van der Waals surface area contributed by atoms with Gasteiger partial charge in [0.05, 0.1) is 0 Å². The van der Waals surface area contributed by atoms with Crippen LogP contribution in [0.3, 0.4) is 0 Å². The predicted molar refractivity (Wildman–Crippen MR) is 92.8 cm³/mol. The van der Waals surface area contributed by atoms with Gasteiger partial charge in [0.2, 0.25) is 0 Å². The summed E-state index contributed by atoms with van der Waals surface area (Å²) in [5.74, 6) is 0.00794. The standard InChI is InChI=1S/C18H15ClN4O/c19-15-5-8-17-14(10-15)2-1-9-23(17)18(24)13-3-6-16(7-4-13)22-11-20-21-12-22/h3-8,10-12H,1-2,9H2. The molecule has 5 nitrogen and oxygen atoms in total. The van der Waals surface area contributed by atoms with Crippen LogP contribution in [0.4, 0.5) is 5.69 Å². The highest BCUT2D eigenvalue weighted by molar-refractivity contribution is 6.30. The van der Waals surface area contributed by atoms with Crippen LogP contribution < -0.4 is 4.90 Å². The monoisotopic (exact) mass is 338 g/mol. The average Bonchev–Trinajstić information content (AvgIpc) is 3.15. The molecule has 3 aromatic rings. The molecule has 1 aromatic heterocycles. The number of aromatic nitrogens is 3. The maximum absolute atomic E-state index is 12.9. The number of aryl methyl sites for hydroxylation is 1. The summed E-state index contributed by atoms with van der Waals surface area (Å²) in [6.07, 6.45) is 5.15. The van der Waals surface area contributed by atoms with E-state index in [1.807, 2.05) is 47.4 Å². The van der Waals surface area contributed by atoms with Crippen LogP contribution in [0.25, 0.3) is 5.69 Å². The van der Waals surface area contributed by atoms with Gasteiger partial charge in [-0.25, -0.2) is 0 Å². The lowest BCUT2D eigenvalue weighted by Gasteiger charge is -2.29. The number of rotatable bonds is 2. The third-order valence-electron chi connectivity index (χ3n) is 4.24. The zero-order chi connectivity index (χ0) is 16.5. The Morgan fingerprint density at radius 1 is 1.04 bits per heavy atom. The molecule has 0 fully saturated rings. The van der Waals surface area contributed by atoms with E-state index in [1.165, 1.54) is 0 Å². The normalized spacial score (nSPS) is 13.6. The van der Waals surface area contributed by atoms with Crippen LogP contribution in [0.2, 0.25) is 5.02 Å². The fraction of sp³-hybridized carbons (Fsp3) is 0.167. The first-order valence-electron chi connectivity index (χ1n) is 7.78. The van der Waals surface area contributed by atoms with Gasteiger partial charge in [-0.15, -0.1) is 10.2 Å². The summed E-state index contributed by atoms with van der Waals surface area (Å²) in [5.41, 5.74) is 3.67. The van der Waals surface area contributed by atoms with Crippen LogP contribution in [0.5, 0.6) is 0 Å². The third-order valence-corrected chi connectivity index (χ3v) is 4.47. The van der Waals surface area contributed by atoms with Crippen molar-refractivity contribution in [2.45, 2.75) is 12.8 Å². The van der Waals surface area contributed by atoms with Crippen molar-refractivity contribution in [3.05, 3.63) is 71.3 Å². The highest BCUT2D eigenvalue weighted by Crippen LogP contribution is 2.30. The van der Waals surface area contributed by atoms with E-state index in [9.17, 15) is 4.79 Å². The largest absolute Gasteiger partial charge is 0.308 e. The molecule has 0 N–H and O–H groups in total. The van der Waals surface area contributed by atoms with E-state index >= 15 is 0 Å². The molecule has 0 atom stereocenters. The summed E-state index contributed by atoms with van der Waals surface area (Å²) >= 11 is 6.07. The predicted octanol–water partition coefficient (Wildman–Crippen LogP) is 3.51. The molecule has 1 aliphatic rings. The highest BCUT2D eigenvalue weighted by Gasteiger charge is 2.23. The first-order chi connectivity index (χ1) is 11.7. The molecule has 120 valence electrons. The summed E-state index contributed by atoms with van der Waals surface area (Å²) in [4.78, 5) is 14.7. The van der Waals surface area contributed by atoms with E-state index in [0.717, 1.165) is 36.3 Å². The number of amides is 1. The van der Waals surface area contributed by atoms with Crippen molar-refractivity contribution in [1.82, 2.24) is 14.8 Å². The molecule has 0 saturated carbocycles. The molecule has 0 radical (unpaired) electrons. The molecule has 0 saturated heterocycles. The molecule has 0 unspecified atom stereocenters. The van der Waals surface area contributed by atoms with E-state index in [1.54, 1.807) is 17.2 Å². The van der Waals surface area contributed by atoms with Crippen molar-refractivity contribution in [2.24, 2.45) is 0 Å². The Balaban J connectivity index is 1.63. The van der Waals surface area contributed by atoms with Crippen molar-refractivity contribution < 1.29 is 4.79 Å². The van der Waals surface area contributed by atoms with Crippen molar-refractivity contribution >= 4 is 23.2 Å². The van der Waals surface area contributed by atoms with Gasteiger partial charge in [-0.05, 0) is 60.9 Å². The van der Waals surface area contributed by atoms with Crippen LogP contribution in [-0.4, -0.2) is 27.2 Å². The minimum absolute atomic E-state index is 0.00794. The molecular formula is C18H15ClN4O. The summed E-state index contributed by atoms with van der Waals surface area (Å²) in [6, 6.07) is 13.2. The Kier molecular flexibility index (Phi) is 3.78. The second-order valence-corrected chi connectivity index (χ2v) is 6.19. The topological polar surface area (TPSA) is 51.0 Å². The minimum atomic E-state index is 0.00794. The van der Waals surface area contributed by atoms with Gasteiger partial charge in [-0.2, -0.15) is 0 Å². The lowest BCUT2D eigenvalue weighted by molar-refractivity contribution is 0.0985. The zero-order valence-electron chi connectivity index (χ0n) is 12.9. The van der Waals surface area contributed by atoms with Gasteiger partial charge in [-0.1, -0.05) is 11.6 Å². The number of hydrogen-bond donors (Lipinski definition) is 0. The molecule has 1 aliphatic heterocycles. The van der Waals surface area contributed by atoms with Gasteiger partial charge in [0.15, 0.2) is 0 Å². The third kappa shape index (κ3) is 2.67. The van der Waals surface area contributed by atoms with E-state index in [2.05, 4.69) is 10.2 Å². The number of hydrogen-bond acceptors (Lipinski definition) is 3. The molecule has 6 heteroatoms. The summed E-state index contributed by atoms with van der Waals surface area (Å²) in [5, 5.41) is 8.29. The van der Waals surface area contributed by atoms with Gasteiger partial charge in [0, 0.05) is 28.5 Å². The first kappa shape index (κ1) is 14.9. The number of carbonyl (C=O) groups excluding carboxylic acids is 1. The van der Waals surface area contributed by atoms with E-state index in [-0.39, 0.29) is 5.91 Å². The van der Waals surface area contributed by atoms with Crippen molar-refractivity contribution in [3.8, 4) is 5.69 Å². The maximum atomic E-state index is 12.9. The SMILES string of the molecule is O=C(c1ccc(-n2cnnc2)cc1)N1CCCc2cc(Cl)ccc21. The van der Waals surface area contributed by atoms with Gasteiger partial charge in [0.25, 0.3) is 5.91 Å². The summed E-state index contributed by atoms with van der Waals surface area (Å²) in [6.45, 7) is 0.723. The number of carbonyl (C=O) groups is 1. The molecule has 2 heterocycles. The molecule has 2 aromatic carbocycles. The van der Waals surface area contributed by atoms with Crippen LogP contribution >= 0.6 is 11.6 Å². The molecule has 4 rings (SSSR count). The Morgan fingerprint density at radius 3 is 2.54 bits per heavy atom. The molecule has 24 heavy (non-hydrogen) atoms. The number of halogens is 1. The van der Waals surface area contributed by atoms with Gasteiger partial charge < -0.3 is 4.90 Å². The van der Waals surface area contributed by atoms with Gasteiger partial charge >= 0.3 is 0 Å². The molecule has 0 aliphatic carbocycles. The van der Waals surface area contributed by atoms with Crippen LogP contribution in [-0.2, 0) is 6.42 Å². The van der Waals surface area contributed by atoms with E-state index in [0.29, 0.717) is 10.6 Å². The second kappa shape index (κ2) is 6.09. The fourth-order valence-electron chi connectivity index (χ4n) is 3.04. The van der Waals surface area contributed by atoms with Crippen LogP contribution in [0.15, 0.2) is 55.1 Å². The van der Waals surface area contributed by atoms with Crippen molar-refractivity contribution in [3.63, 3.8) is 0 Å². The number of benzene rings is 2. The highest BCUT2D eigenvalue weighted by atomic mass is 35.5. The Bertz CT molecular complexity index is 875. The molecule has 0 spiro atoms. The second-order valence-electron chi connectivity index (χ2n) is 5.75. The Labute approximate surface area is 144 Å². The fourth-order valence-corrected chi connectivity index (χ4v) is 3.24. The quantitative estimate of drug-likeness (QED) is 0.718. The molecular weight excluding hydrogens is 324 g/mol. The molecule has 0 bridgehead atoms. The van der Waals surface area contributed by atoms with Crippen molar-refractivity contribution in [2.75, 3.05) is 11.4 Å². The molecule has 1 amide bonds. The first-order valence-corrected chi connectivity index (χ1v) is 8.15. The number of nitrogens with zero attached hydrogens (tertiary/aromatic N) is 4. The van der Waals surface area contributed by atoms with Crippen molar-refractivity contribution in [1.29, 1.82) is 0 Å². The van der Waals surface area contributed by atoms with E-state index in [4.69, 9.17) is 11.6 Å². The van der Waals surface area contributed by atoms with Crippen LogP contribution in [0.1, 0.15) is 22.3 Å². The Morgan fingerprint density at radius 2 is 1.79 bits per heavy atom. The average molecular weight is 339 g/mol. The maximum Gasteiger partial charge on any atom is 0.258 e. The minimum Gasteiger partial charge on any atom is -0.308 e. The number of fused-ring (bicyclic) bond motifs is 1. The smallest absolute Gasteiger partial charge is 0.258 e. The lowest BCUT2D eigenvalue weighted by atomic mass is 10.0.